The summed E-state index contributed by atoms with van der Waals surface area (Å²) in [5.74, 6) is -1.08. The first-order chi connectivity index (χ1) is 14.1. The third-order valence-corrected chi connectivity index (χ3v) is 5.64. The van der Waals surface area contributed by atoms with Crippen LogP contribution in [0.5, 0.6) is 11.5 Å². The first-order valence-corrected chi connectivity index (χ1v) is 10.9. The Kier molecular flexibility index (Phi) is 6.21. The number of nitrogens with one attached hydrogen (secondary N) is 1. The number of hydrogen-bond acceptors (Lipinski definition) is 7. The van der Waals surface area contributed by atoms with Crippen molar-refractivity contribution in [3.8, 4) is 11.5 Å². The zero-order chi connectivity index (χ0) is 22.1. The minimum atomic E-state index is -5.90. The quantitative estimate of drug-likeness (QED) is 0.155. The molecule has 2 aromatic carbocycles. The summed E-state index contributed by atoms with van der Waals surface area (Å²) >= 11 is 2.02. The van der Waals surface area contributed by atoms with Crippen molar-refractivity contribution in [3.05, 3.63) is 48.0 Å². The zero-order valence-corrected chi connectivity index (χ0v) is 18.0. The van der Waals surface area contributed by atoms with Gasteiger partial charge in [-0.05, 0) is 29.8 Å². The van der Waals surface area contributed by atoms with Crippen molar-refractivity contribution in [2.75, 3.05) is 12.4 Å². The number of aromatic nitrogens is 2. The molecule has 160 valence electrons. The van der Waals surface area contributed by atoms with Crippen molar-refractivity contribution in [1.82, 2.24) is 9.97 Å². The first-order valence-electron chi connectivity index (χ1n) is 8.00. The number of ether oxygens (including phenoxy) is 1. The molecule has 0 fully saturated rings. The highest BCUT2D eigenvalue weighted by Gasteiger charge is 2.49. The molecule has 0 aliphatic heterocycles. The number of alkyl halides is 4. The maximum absolute atomic E-state index is 13.7. The first kappa shape index (κ1) is 22.3. The van der Waals surface area contributed by atoms with E-state index in [2.05, 4.69) is 19.5 Å². The highest BCUT2D eigenvalue weighted by atomic mass is 127. The Balaban J connectivity index is 2.05. The predicted molar refractivity (Wildman–Crippen MR) is 109 cm³/mol. The van der Waals surface area contributed by atoms with Crippen LogP contribution >= 0.6 is 22.6 Å². The molecule has 1 heterocycles. The van der Waals surface area contributed by atoms with Crippen LogP contribution < -0.4 is 14.2 Å². The van der Waals surface area contributed by atoms with Crippen molar-refractivity contribution in [1.29, 1.82) is 0 Å². The molecule has 0 aliphatic carbocycles. The molecule has 3 aromatic rings. The van der Waals surface area contributed by atoms with Gasteiger partial charge in [0, 0.05) is 21.6 Å². The van der Waals surface area contributed by atoms with E-state index in [4.69, 9.17) is 4.74 Å². The van der Waals surface area contributed by atoms with Crippen molar-refractivity contribution < 1.29 is 34.9 Å². The van der Waals surface area contributed by atoms with Crippen LogP contribution in [-0.2, 0) is 14.5 Å². The van der Waals surface area contributed by atoms with Crippen LogP contribution in [0.4, 0.5) is 29.1 Å². The third kappa shape index (κ3) is 4.50. The molecule has 0 amide bonds. The number of fused-ring (bicyclic) bond motifs is 1. The summed E-state index contributed by atoms with van der Waals surface area (Å²) < 4.78 is 83.9. The maximum Gasteiger partial charge on any atom is 0.534 e. The molecule has 30 heavy (non-hydrogen) atoms. The van der Waals surface area contributed by atoms with E-state index in [9.17, 15) is 26.0 Å². The predicted octanol–water partition coefficient (Wildman–Crippen LogP) is 4.68. The summed E-state index contributed by atoms with van der Waals surface area (Å²) in [4.78, 5) is 8.02. The fourth-order valence-corrected chi connectivity index (χ4v) is 3.49. The van der Waals surface area contributed by atoms with E-state index in [1.54, 1.807) is 6.07 Å². The van der Waals surface area contributed by atoms with E-state index < -0.39 is 21.4 Å². The van der Waals surface area contributed by atoms with E-state index in [0.29, 0.717) is 21.1 Å². The van der Waals surface area contributed by atoms with Gasteiger partial charge in [0.2, 0.25) is 0 Å². The molecule has 0 radical (unpaired) electrons. The number of rotatable bonds is 6. The van der Waals surface area contributed by atoms with Gasteiger partial charge in [0.1, 0.15) is 18.0 Å². The van der Waals surface area contributed by atoms with E-state index in [1.807, 2.05) is 22.6 Å². The van der Waals surface area contributed by atoms with Crippen LogP contribution in [0.1, 0.15) is 5.56 Å². The minimum Gasteiger partial charge on any atom is -0.493 e. The summed E-state index contributed by atoms with van der Waals surface area (Å²) in [5.41, 5.74) is -4.53. The standard InChI is InChI=1S/C17H12F4IN3O4S/c1-28-14-5-11-13(6-15(14)29-30(26,27)17(19,20)21)23-8-24-16(11)25-10-2-3-12(18)9(4-10)7-22/h2-6,8H,7H2,1H3,(H,23,24,25). The lowest BCUT2D eigenvalue weighted by atomic mass is 10.2. The molecular formula is C17H12F4IN3O4S. The van der Waals surface area contributed by atoms with Crippen LogP contribution in [0, 0.1) is 5.82 Å². The molecule has 0 atom stereocenters. The largest absolute Gasteiger partial charge is 0.534 e. The number of nitrogens with zero attached hydrogens (tertiary/aromatic N) is 2. The Bertz CT molecular complexity index is 1210. The van der Waals surface area contributed by atoms with Crippen LogP contribution in [0.25, 0.3) is 10.9 Å². The monoisotopic (exact) mass is 557 g/mol. The number of benzene rings is 2. The SMILES string of the molecule is COc1cc2c(Nc3ccc(F)c(CI)c3)ncnc2cc1OS(=O)(=O)C(F)(F)F. The van der Waals surface area contributed by atoms with Crippen LogP contribution in [0.15, 0.2) is 36.7 Å². The Morgan fingerprint density at radius 2 is 1.87 bits per heavy atom. The van der Waals surface area contributed by atoms with Crippen LogP contribution in [0.2, 0.25) is 0 Å². The molecule has 0 unspecified atom stereocenters. The molecular weight excluding hydrogens is 545 g/mol. The highest BCUT2D eigenvalue weighted by molar-refractivity contribution is 14.1. The Morgan fingerprint density at radius 1 is 1.13 bits per heavy atom. The van der Waals surface area contributed by atoms with Gasteiger partial charge in [-0.1, -0.05) is 22.6 Å². The molecule has 0 bridgehead atoms. The van der Waals surface area contributed by atoms with Gasteiger partial charge in [0.05, 0.1) is 12.6 Å². The number of halogens is 5. The van der Waals surface area contributed by atoms with Crippen molar-refractivity contribution in [2.24, 2.45) is 0 Å². The molecule has 0 saturated heterocycles. The van der Waals surface area contributed by atoms with Gasteiger partial charge in [-0.2, -0.15) is 21.6 Å². The highest BCUT2D eigenvalue weighted by Crippen LogP contribution is 2.37. The lowest BCUT2D eigenvalue weighted by molar-refractivity contribution is -0.0500. The molecule has 7 nitrogen and oxygen atoms in total. The molecule has 0 spiro atoms. The second kappa shape index (κ2) is 8.37. The second-order valence-corrected chi connectivity index (χ2v) is 8.09. The Labute approximate surface area is 181 Å². The van der Waals surface area contributed by atoms with Crippen molar-refractivity contribution >= 4 is 55.1 Å². The molecule has 1 aromatic heterocycles. The normalized spacial score (nSPS) is 12.1. The maximum atomic E-state index is 13.7. The van der Waals surface area contributed by atoms with E-state index in [0.717, 1.165) is 19.5 Å². The molecule has 0 aliphatic rings. The van der Waals surface area contributed by atoms with Crippen LogP contribution in [-0.4, -0.2) is 31.0 Å². The molecule has 13 heteroatoms. The van der Waals surface area contributed by atoms with E-state index in [1.165, 1.54) is 18.2 Å². The second-order valence-electron chi connectivity index (χ2n) is 5.79. The van der Waals surface area contributed by atoms with Crippen LogP contribution in [0.3, 0.4) is 0 Å². The summed E-state index contributed by atoms with van der Waals surface area (Å²) in [6.45, 7) is 0. The third-order valence-electron chi connectivity index (χ3n) is 3.86. The lowest BCUT2D eigenvalue weighted by Crippen LogP contribution is -2.28. The van der Waals surface area contributed by atoms with E-state index >= 15 is 0 Å². The minimum absolute atomic E-state index is 0.0944. The average molecular weight is 557 g/mol. The summed E-state index contributed by atoms with van der Waals surface area (Å²) in [7, 11) is -4.76. The van der Waals surface area contributed by atoms with E-state index in [-0.39, 0.29) is 22.9 Å². The lowest BCUT2D eigenvalue weighted by Gasteiger charge is -2.14. The van der Waals surface area contributed by atoms with Gasteiger partial charge in [0.15, 0.2) is 11.5 Å². The smallest absolute Gasteiger partial charge is 0.493 e. The molecule has 1 N–H and O–H groups in total. The van der Waals surface area contributed by atoms with Gasteiger partial charge in [0.25, 0.3) is 0 Å². The van der Waals surface area contributed by atoms with Crippen molar-refractivity contribution in [2.45, 2.75) is 9.94 Å². The van der Waals surface area contributed by atoms with Gasteiger partial charge in [-0.3, -0.25) is 0 Å². The Morgan fingerprint density at radius 3 is 2.50 bits per heavy atom. The zero-order valence-electron chi connectivity index (χ0n) is 15.0. The van der Waals surface area contributed by atoms with Gasteiger partial charge >= 0.3 is 15.6 Å². The summed E-state index contributed by atoms with van der Waals surface area (Å²) in [5, 5.41) is 3.29. The number of hydrogen-bond donors (Lipinski definition) is 1. The average Bonchev–Trinajstić information content (AvgIpc) is 2.68. The van der Waals surface area contributed by atoms with Crippen molar-refractivity contribution in [3.63, 3.8) is 0 Å². The molecule has 0 saturated carbocycles. The topological polar surface area (TPSA) is 90.4 Å². The Hall–Kier alpha value is -2.42. The fourth-order valence-electron chi connectivity index (χ4n) is 2.45. The molecule has 3 rings (SSSR count). The fraction of sp³-hybridized carbons (Fsp3) is 0.176. The van der Waals surface area contributed by atoms with Gasteiger partial charge in [-0.25, -0.2) is 14.4 Å². The number of methoxy groups -OCH3 is 1. The van der Waals surface area contributed by atoms with Gasteiger partial charge in [-0.15, -0.1) is 0 Å². The summed E-state index contributed by atoms with van der Waals surface area (Å²) in [6.07, 6.45) is 1.13. The van der Waals surface area contributed by atoms with Gasteiger partial charge < -0.3 is 14.2 Å². The summed E-state index contributed by atoms with van der Waals surface area (Å²) in [6, 6.07) is 6.59. The number of anilines is 2.